The molecule has 0 atom stereocenters. The van der Waals surface area contributed by atoms with Gasteiger partial charge < -0.3 is 15.0 Å². The average Bonchev–Trinajstić information content (AvgIpc) is 2.65. The van der Waals surface area contributed by atoms with E-state index in [1.165, 1.54) is 5.56 Å². The highest BCUT2D eigenvalue weighted by atomic mass is 16.5. The number of carbonyl (C=O) groups is 2. The summed E-state index contributed by atoms with van der Waals surface area (Å²) in [5.41, 5.74) is 2.41. The summed E-state index contributed by atoms with van der Waals surface area (Å²) in [6, 6.07) is 8.09. The molecule has 0 radical (unpaired) electrons. The Labute approximate surface area is 142 Å². The lowest BCUT2D eigenvalue weighted by Gasteiger charge is -2.28. The summed E-state index contributed by atoms with van der Waals surface area (Å²) >= 11 is 0. The molecule has 0 spiro atoms. The highest BCUT2D eigenvalue weighted by molar-refractivity contribution is 6.35. The first kappa shape index (κ1) is 16.9. The van der Waals surface area contributed by atoms with E-state index in [0.717, 1.165) is 51.3 Å². The SMILES string of the molecule is O=C(NCCCN1CCOCC1)C(=O)N1CCc2ccccc2C1. The molecule has 0 bridgehead atoms. The van der Waals surface area contributed by atoms with E-state index in [1.54, 1.807) is 4.90 Å². The van der Waals surface area contributed by atoms with Gasteiger partial charge in [-0.3, -0.25) is 14.5 Å². The van der Waals surface area contributed by atoms with Crippen LogP contribution in [0.2, 0.25) is 0 Å². The first-order chi connectivity index (χ1) is 11.7. The van der Waals surface area contributed by atoms with Gasteiger partial charge in [0, 0.05) is 32.7 Å². The summed E-state index contributed by atoms with van der Waals surface area (Å²) < 4.78 is 5.31. The van der Waals surface area contributed by atoms with Crippen molar-refractivity contribution in [1.82, 2.24) is 15.1 Å². The number of ether oxygens (including phenoxy) is 1. The van der Waals surface area contributed by atoms with Crippen LogP contribution in [0, 0.1) is 0 Å². The zero-order chi connectivity index (χ0) is 16.8. The summed E-state index contributed by atoms with van der Waals surface area (Å²) in [5.74, 6) is -0.910. The van der Waals surface area contributed by atoms with Crippen LogP contribution in [0.1, 0.15) is 17.5 Å². The maximum atomic E-state index is 12.3. The van der Waals surface area contributed by atoms with Crippen molar-refractivity contribution in [2.24, 2.45) is 0 Å². The molecule has 1 fully saturated rings. The molecule has 2 amide bonds. The Balaban J connectivity index is 1.40. The largest absolute Gasteiger partial charge is 0.379 e. The number of benzene rings is 1. The van der Waals surface area contributed by atoms with Gasteiger partial charge in [-0.25, -0.2) is 0 Å². The van der Waals surface area contributed by atoms with E-state index in [2.05, 4.69) is 16.3 Å². The molecule has 1 saturated heterocycles. The van der Waals surface area contributed by atoms with Gasteiger partial charge in [-0.2, -0.15) is 0 Å². The van der Waals surface area contributed by atoms with Crippen LogP contribution in [0.4, 0.5) is 0 Å². The molecule has 0 saturated carbocycles. The lowest BCUT2D eigenvalue weighted by atomic mass is 10.00. The van der Waals surface area contributed by atoms with E-state index in [0.29, 0.717) is 19.6 Å². The number of nitrogens with zero attached hydrogens (tertiary/aromatic N) is 2. The number of carbonyl (C=O) groups excluding carboxylic acids is 2. The normalized spacial score (nSPS) is 18.1. The summed E-state index contributed by atoms with van der Waals surface area (Å²) in [6.07, 6.45) is 1.66. The fraction of sp³-hybridized carbons (Fsp3) is 0.556. The van der Waals surface area contributed by atoms with Crippen LogP contribution in [0.3, 0.4) is 0 Å². The van der Waals surface area contributed by atoms with E-state index in [1.807, 2.05) is 18.2 Å². The Morgan fingerprint density at radius 1 is 1.08 bits per heavy atom. The Bertz CT molecular complexity index is 585. The van der Waals surface area contributed by atoms with Crippen molar-refractivity contribution in [1.29, 1.82) is 0 Å². The Morgan fingerprint density at radius 2 is 1.83 bits per heavy atom. The quantitative estimate of drug-likeness (QED) is 0.641. The van der Waals surface area contributed by atoms with Crippen molar-refractivity contribution in [2.75, 3.05) is 45.9 Å². The van der Waals surface area contributed by atoms with E-state index in [-0.39, 0.29) is 0 Å². The summed E-state index contributed by atoms with van der Waals surface area (Å²) in [5, 5.41) is 2.76. The minimum absolute atomic E-state index is 0.420. The fourth-order valence-corrected chi connectivity index (χ4v) is 3.22. The molecule has 3 rings (SSSR count). The van der Waals surface area contributed by atoms with Gasteiger partial charge in [0.05, 0.1) is 13.2 Å². The fourth-order valence-electron chi connectivity index (χ4n) is 3.22. The molecular formula is C18H25N3O3. The average molecular weight is 331 g/mol. The van der Waals surface area contributed by atoms with Crippen molar-refractivity contribution in [3.8, 4) is 0 Å². The number of hydrogen-bond donors (Lipinski definition) is 1. The standard InChI is InChI=1S/C18H25N3O3/c22-17(19-7-3-8-20-10-12-24-13-11-20)18(23)21-9-6-15-4-1-2-5-16(15)14-21/h1-2,4-5H,3,6-14H2,(H,19,22). The zero-order valence-corrected chi connectivity index (χ0v) is 14.0. The molecular weight excluding hydrogens is 306 g/mol. The summed E-state index contributed by atoms with van der Waals surface area (Å²) in [4.78, 5) is 28.3. The minimum Gasteiger partial charge on any atom is -0.379 e. The lowest BCUT2D eigenvalue weighted by molar-refractivity contribution is -0.146. The second kappa shape index (κ2) is 8.26. The predicted molar refractivity (Wildman–Crippen MR) is 90.4 cm³/mol. The van der Waals surface area contributed by atoms with E-state index in [4.69, 9.17) is 4.74 Å². The van der Waals surface area contributed by atoms with Crippen LogP contribution >= 0.6 is 0 Å². The molecule has 2 heterocycles. The molecule has 1 N–H and O–H groups in total. The van der Waals surface area contributed by atoms with Crippen molar-refractivity contribution in [2.45, 2.75) is 19.4 Å². The first-order valence-corrected chi connectivity index (χ1v) is 8.68. The van der Waals surface area contributed by atoms with Gasteiger partial charge in [-0.05, 0) is 30.5 Å². The monoisotopic (exact) mass is 331 g/mol. The predicted octanol–water partition coefficient (Wildman–Crippen LogP) is 0.410. The third-order valence-electron chi connectivity index (χ3n) is 4.65. The smallest absolute Gasteiger partial charge is 0.312 e. The van der Waals surface area contributed by atoms with Crippen LogP contribution in [-0.4, -0.2) is 67.6 Å². The zero-order valence-electron chi connectivity index (χ0n) is 14.0. The molecule has 0 aromatic heterocycles. The van der Waals surface area contributed by atoms with Gasteiger partial charge in [0.15, 0.2) is 0 Å². The van der Waals surface area contributed by atoms with Crippen molar-refractivity contribution >= 4 is 11.8 Å². The summed E-state index contributed by atoms with van der Waals surface area (Å²) in [6.45, 7) is 6.04. The Morgan fingerprint density at radius 3 is 2.62 bits per heavy atom. The van der Waals surface area contributed by atoms with Crippen LogP contribution in [0.5, 0.6) is 0 Å². The van der Waals surface area contributed by atoms with Crippen LogP contribution in [0.15, 0.2) is 24.3 Å². The van der Waals surface area contributed by atoms with Gasteiger partial charge in [0.2, 0.25) is 0 Å². The summed E-state index contributed by atoms with van der Waals surface area (Å²) in [7, 11) is 0. The van der Waals surface area contributed by atoms with Crippen LogP contribution in [-0.2, 0) is 27.3 Å². The third-order valence-corrected chi connectivity index (χ3v) is 4.65. The number of amides is 2. The Kier molecular flexibility index (Phi) is 5.82. The topological polar surface area (TPSA) is 61.9 Å². The molecule has 0 aliphatic carbocycles. The van der Waals surface area contributed by atoms with Gasteiger partial charge in [0.1, 0.15) is 0 Å². The number of hydrogen-bond acceptors (Lipinski definition) is 4. The van der Waals surface area contributed by atoms with Gasteiger partial charge in [-0.1, -0.05) is 24.3 Å². The highest BCUT2D eigenvalue weighted by Crippen LogP contribution is 2.18. The Hall–Kier alpha value is -1.92. The van der Waals surface area contributed by atoms with E-state index < -0.39 is 11.8 Å². The lowest BCUT2D eigenvalue weighted by Crippen LogP contribution is -2.45. The number of rotatable bonds is 4. The molecule has 1 aromatic rings. The number of fused-ring (bicyclic) bond motifs is 1. The molecule has 0 unspecified atom stereocenters. The van der Waals surface area contributed by atoms with Gasteiger partial charge >= 0.3 is 11.8 Å². The maximum absolute atomic E-state index is 12.3. The molecule has 1 aromatic carbocycles. The van der Waals surface area contributed by atoms with E-state index >= 15 is 0 Å². The molecule has 6 heteroatoms. The molecule has 6 nitrogen and oxygen atoms in total. The van der Waals surface area contributed by atoms with E-state index in [9.17, 15) is 9.59 Å². The highest BCUT2D eigenvalue weighted by Gasteiger charge is 2.25. The van der Waals surface area contributed by atoms with Crippen molar-refractivity contribution < 1.29 is 14.3 Å². The minimum atomic E-state index is -0.489. The second-order valence-corrected chi connectivity index (χ2v) is 6.31. The maximum Gasteiger partial charge on any atom is 0.312 e. The van der Waals surface area contributed by atoms with Crippen LogP contribution < -0.4 is 5.32 Å². The third kappa shape index (κ3) is 4.33. The number of morpholine rings is 1. The first-order valence-electron chi connectivity index (χ1n) is 8.68. The second-order valence-electron chi connectivity index (χ2n) is 6.31. The van der Waals surface area contributed by atoms with Gasteiger partial charge in [0.25, 0.3) is 0 Å². The molecule has 24 heavy (non-hydrogen) atoms. The molecule has 2 aliphatic heterocycles. The van der Waals surface area contributed by atoms with Gasteiger partial charge in [-0.15, -0.1) is 0 Å². The molecule has 130 valence electrons. The van der Waals surface area contributed by atoms with Crippen LogP contribution in [0.25, 0.3) is 0 Å². The molecule has 2 aliphatic rings. The van der Waals surface area contributed by atoms with Crippen molar-refractivity contribution in [3.05, 3.63) is 35.4 Å². The number of nitrogens with one attached hydrogen (secondary N) is 1. The van der Waals surface area contributed by atoms with Crippen molar-refractivity contribution in [3.63, 3.8) is 0 Å².